The lowest BCUT2D eigenvalue weighted by molar-refractivity contribution is 0.0193. The van der Waals surface area contributed by atoms with Crippen LogP contribution < -0.4 is 5.32 Å². The van der Waals surface area contributed by atoms with E-state index in [4.69, 9.17) is 0 Å². The molecule has 0 aromatic carbocycles. The van der Waals surface area contributed by atoms with Crippen LogP contribution >= 0.6 is 0 Å². The molecule has 0 saturated carbocycles. The lowest BCUT2D eigenvalue weighted by atomic mass is 9.83. The van der Waals surface area contributed by atoms with Gasteiger partial charge in [0.25, 0.3) is 0 Å². The third-order valence-corrected chi connectivity index (χ3v) is 3.51. The van der Waals surface area contributed by atoms with Crippen LogP contribution in [-0.4, -0.2) is 36.6 Å². The van der Waals surface area contributed by atoms with Crippen LogP contribution in [0.3, 0.4) is 0 Å². The van der Waals surface area contributed by atoms with E-state index in [9.17, 15) is 0 Å². The molecule has 1 heterocycles. The second kappa shape index (κ2) is 4.63. The standard InChI is InChI=1S/C12H26N2/c1-10(2)14-9-11(8-13-5)6-7-12(14,3)4/h10-11,13H,6-9H2,1-5H3. The highest BCUT2D eigenvalue weighted by Crippen LogP contribution is 2.31. The van der Waals surface area contributed by atoms with E-state index in [2.05, 4.69) is 45.0 Å². The van der Waals surface area contributed by atoms with Gasteiger partial charge < -0.3 is 5.32 Å². The second-order valence-corrected chi connectivity index (χ2v) is 5.52. The number of hydrogen-bond donors (Lipinski definition) is 1. The molecule has 1 rings (SSSR count). The highest BCUT2D eigenvalue weighted by molar-refractivity contribution is 4.90. The number of nitrogens with zero attached hydrogens (tertiary/aromatic N) is 1. The van der Waals surface area contributed by atoms with Crippen LogP contribution in [0.15, 0.2) is 0 Å². The van der Waals surface area contributed by atoms with Gasteiger partial charge in [-0.25, -0.2) is 0 Å². The molecule has 0 aromatic rings. The van der Waals surface area contributed by atoms with E-state index >= 15 is 0 Å². The molecule has 14 heavy (non-hydrogen) atoms. The monoisotopic (exact) mass is 198 g/mol. The summed E-state index contributed by atoms with van der Waals surface area (Å²) in [6.45, 7) is 11.8. The molecule has 1 aliphatic rings. The van der Waals surface area contributed by atoms with E-state index in [1.807, 2.05) is 0 Å². The molecule has 0 aromatic heterocycles. The van der Waals surface area contributed by atoms with E-state index in [0.29, 0.717) is 11.6 Å². The summed E-state index contributed by atoms with van der Waals surface area (Å²) in [6, 6.07) is 0.671. The van der Waals surface area contributed by atoms with Crippen LogP contribution in [-0.2, 0) is 0 Å². The maximum atomic E-state index is 3.30. The van der Waals surface area contributed by atoms with Gasteiger partial charge in [-0.3, -0.25) is 4.90 Å². The summed E-state index contributed by atoms with van der Waals surface area (Å²) in [5.41, 5.74) is 0.401. The Labute approximate surface area is 89.1 Å². The third-order valence-electron chi connectivity index (χ3n) is 3.51. The van der Waals surface area contributed by atoms with Crippen LogP contribution in [0, 0.1) is 5.92 Å². The van der Waals surface area contributed by atoms with E-state index in [0.717, 1.165) is 5.92 Å². The molecular formula is C12H26N2. The van der Waals surface area contributed by atoms with Gasteiger partial charge in [-0.05, 0) is 60.0 Å². The van der Waals surface area contributed by atoms with Crippen molar-refractivity contribution in [3.63, 3.8) is 0 Å². The largest absolute Gasteiger partial charge is 0.319 e. The minimum absolute atomic E-state index is 0.401. The van der Waals surface area contributed by atoms with Crippen LogP contribution in [0.4, 0.5) is 0 Å². The third kappa shape index (κ3) is 2.71. The molecule has 0 bridgehead atoms. The quantitative estimate of drug-likeness (QED) is 0.747. The van der Waals surface area contributed by atoms with E-state index in [1.54, 1.807) is 0 Å². The van der Waals surface area contributed by atoms with Crippen molar-refractivity contribution in [3.05, 3.63) is 0 Å². The Hall–Kier alpha value is -0.0800. The highest BCUT2D eigenvalue weighted by atomic mass is 15.2. The zero-order valence-electron chi connectivity index (χ0n) is 10.4. The Morgan fingerprint density at radius 1 is 1.43 bits per heavy atom. The zero-order valence-corrected chi connectivity index (χ0v) is 10.4. The van der Waals surface area contributed by atoms with Gasteiger partial charge in [-0.2, -0.15) is 0 Å². The van der Waals surface area contributed by atoms with Gasteiger partial charge in [0.2, 0.25) is 0 Å². The summed E-state index contributed by atoms with van der Waals surface area (Å²) in [6.07, 6.45) is 2.70. The van der Waals surface area contributed by atoms with Gasteiger partial charge in [0, 0.05) is 18.1 Å². The molecule has 0 amide bonds. The molecule has 0 radical (unpaired) electrons. The fourth-order valence-corrected chi connectivity index (χ4v) is 2.68. The Morgan fingerprint density at radius 3 is 2.57 bits per heavy atom. The van der Waals surface area contributed by atoms with E-state index in [-0.39, 0.29) is 0 Å². The number of hydrogen-bond acceptors (Lipinski definition) is 2. The summed E-state index contributed by atoms with van der Waals surface area (Å²) in [4.78, 5) is 2.65. The van der Waals surface area contributed by atoms with Crippen molar-refractivity contribution < 1.29 is 0 Å². The van der Waals surface area contributed by atoms with Gasteiger partial charge in [0.15, 0.2) is 0 Å². The molecule has 84 valence electrons. The van der Waals surface area contributed by atoms with Crippen LogP contribution in [0.25, 0.3) is 0 Å². The first kappa shape index (κ1) is 12.0. The van der Waals surface area contributed by atoms with Gasteiger partial charge >= 0.3 is 0 Å². The zero-order chi connectivity index (χ0) is 10.8. The summed E-state index contributed by atoms with van der Waals surface area (Å²) in [5, 5.41) is 3.30. The lowest BCUT2D eigenvalue weighted by Crippen LogP contribution is -2.54. The minimum Gasteiger partial charge on any atom is -0.319 e. The molecule has 1 aliphatic heterocycles. The van der Waals surface area contributed by atoms with Crippen molar-refractivity contribution in [1.82, 2.24) is 10.2 Å². The van der Waals surface area contributed by atoms with Crippen LogP contribution in [0.5, 0.6) is 0 Å². The minimum atomic E-state index is 0.401. The number of rotatable bonds is 3. The molecule has 1 saturated heterocycles. The van der Waals surface area contributed by atoms with E-state index < -0.39 is 0 Å². The van der Waals surface area contributed by atoms with Crippen molar-refractivity contribution in [2.75, 3.05) is 20.1 Å². The average Bonchev–Trinajstić information content (AvgIpc) is 2.08. The second-order valence-electron chi connectivity index (χ2n) is 5.52. The summed E-state index contributed by atoms with van der Waals surface area (Å²) < 4.78 is 0. The molecule has 1 unspecified atom stereocenters. The van der Waals surface area contributed by atoms with Crippen LogP contribution in [0.1, 0.15) is 40.5 Å². The van der Waals surface area contributed by atoms with E-state index in [1.165, 1.54) is 25.9 Å². The number of likely N-dealkylation sites (tertiary alicyclic amines) is 1. The number of piperidine rings is 1. The lowest BCUT2D eigenvalue weighted by Gasteiger charge is -2.48. The van der Waals surface area contributed by atoms with Crippen molar-refractivity contribution in [2.24, 2.45) is 5.92 Å². The first-order chi connectivity index (χ1) is 6.47. The molecule has 0 aliphatic carbocycles. The van der Waals surface area contributed by atoms with Crippen molar-refractivity contribution in [1.29, 1.82) is 0 Å². The van der Waals surface area contributed by atoms with Crippen molar-refractivity contribution >= 4 is 0 Å². The molecule has 1 N–H and O–H groups in total. The summed E-state index contributed by atoms with van der Waals surface area (Å²) in [5.74, 6) is 0.843. The predicted octanol–water partition coefficient (Wildman–Crippen LogP) is 2.10. The summed E-state index contributed by atoms with van der Waals surface area (Å²) in [7, 11) is 2.06. The predicted molar refractivity (Wildman–Crippen MR) is 62.6 cm³/mol. The topological polar surface area (TPSA) is 15.3 Å². The Bertz CT molecular complexity index is 175. The fourth-order valence-electron chi connectivity index (χ4n) is 2.68. The molecule has 2 nitrogen and oxygen atoms in total. The Balaban J connectivity index is 2.58. The Kier molecular flexibility index (Phi) is 3.96. The fraction of sp³-hybridized carbons (Fsp3) is 1.00. The Morgan fingerprint density at radius 2 is 2.07 bits per heavy atom. The van der Waals surface area contributed by atoms with Gasteiger partial charge in [-0.1, -0.05) is 0 Å². The molecule has 1 atom stereocenters. The highest BCUT2D eigenvalue weighted by Gasteiger charge is 2.34. The SMILES string of the molecule is CNCC1CCC(C)(C)N(C(C)C)C1. The first-order valence-corrected chi connectivity index (χ1v) is 5.88. The number of nitrogens with one attached hydrogen (secondary N) is 1. The maximum absolute atomic E-state index is 3.30. The smallest absolute Gasteiger partial charge is 0.0156 e. The first-order valence-electron chi connectivity index (χ1n) is 5.88. The van der Waals surface area contributed by atoms with Gasteiger partial charge in [0.1, 0.15) is 0 Å². The van der Waals surface area contributed by atoms with Gasteiger partial charge in [-0.15, -0.1) is 0 Å². The van der Waals surface area contributed by atoms with Crippen LogP contribution in [0.2, 0.25) is 0 Å². The summed E-state index contributed by atoms with van der Waals surface area (Å²) >= 11 is 0. The van der Waals surface area contributed by atoms with Gasteiger partial charge in [0.05, 0.1) is 0 Å². The molecule has 0 spiro atoms. The maximum Gasteiger partial charge on any atom is 0.0156 e. The molecular weight excluding hydrogens is 172 g/mol. The molecule has 1 fully saturated rings. The average molecular weight is 198 g/mol. The molecule has 2 heteroatoms. The van der Waals surface area contributed by atoms with Crippen molar-refractivity contribution in [2.45, 2.75) is 52.1 Å². The van der Waals surface area contributed by atoms with Crippen molar-refractivity contribution in [3.8, 4) is 0 Å². The normalized spacial score (nSPS) is 28.3.